The maximum atomic E-state index is 14.7. The number of hydrogen-bond donors (Lipinski definition) is 2. The maximum Gasteiger partial charge on any atom is 0.251 e. The molecular formula is C40H44N4O3. The first-order valence-electron chi connectivity index (χ1n) is 16.3. The van der Waals surface area contributed by atoms with Gasteiger partial charge in [0.05, 0.1) is 36.3 Å². The molecule has 4 aromatic rings. The number of nitrogens with one attached hydrogen (secondary N) is 1. The smallest absolute Gasteiger partial charge is 0.251 e. The molecule has 7 nitrogen and oxygen atoms in total. The van der Waals surface area contributed by atoms with Gasteiger partial charge in [0.2, 0.25) is 11.8 Å². The van der Waals surface area contributed by atoms with Crippen molar-refractivity contribution in [3.63, 3.8) is 0 Å². The van der Waals surface area contributed by atoms with Gasteiger partial charge in [-0.1, -0.05) is 98.3 Å². The van der Waals surface area contributed by atoms with E-state index in [1.807, 2.05) is 80.6 Å². The molecule has 0 bridgehead atoms. The molecule has 5 rings (SSSR count). The number of carbonyl (C=O) groups excluding carboxylic acids is 3. The Kier molecular flexibility index (Phi) is 10.6. The number of nitrogens with zero attached hydrogens (tertiary/aromatic N) is 2. The number of aryl methyl sites for hydroxylation is 1. The molecule has 1 aliphatic rings. The third kappa shape index (κ3) is 7.80. The highest BCUT2D eigenvalue weighted by Crippen LogP contribution is 2.38. The van der Waals surface area contributed by atoms with Crippen LogP contribution in [0.25, 0.3) is 11.1 Å². The molecule has 0 saturated heterocycles. The number of benzene rings is 4. The largest absolute Gasteiger partial charge is 0.369 e. The van der Waals surface area contributed by atoms with Crippen molar-refractivity contribution in [3.05, 3.63) is 127 Å². The number of para-hydroxylation sites is 3. The molecule has 47 heavy (non-hydrogen) atoms. The van der Waals surface area contributed by atoms with Crippen molar-refractivity contribution in [2.45, 2.75) is 46.2 Å². The van der Waals surface area contributed by atoms with E-state index in [-0.39, 0.29) is 30.7 Å². The zero-order valence-corrected chi connectivity index (χ0v) is 27.4. The summed E-state index contributed by atoms with van der Waals surface area (Å²) in [7, 11) is 0. The van der Waals surface area contributed by atoms with Crippen LogP contribution in [0.2, 0.25) is 0 Å². The number of anilines is 3. The van der Waals surface area contributed by atoms with Crippen LogP contribution in [0.1, 0.15) is 37.8 Å². The van der Waals surface area contributed by atoms with Crippen LogP contribution >= 0.6 is 0 Å². The minimum absolute atomic E-state index is 0.129. The van der Waals surface area contributed by atoms with Crippen LogP contribution in [0.4, 0.5) is 17.1 Å². The molecule has 3 N–H and O–H groups in total. The number of hydrogen-bond acceptors (Lipinski definition) is 4. The van der Waals surface area contributed by atoms with Gasteiger partial charge in [-0.15, -0.1) is 6.58 Å². The fraction of sp³-hybridized carbons (Fsp3) is 0.275. The molecule has 3 atom stereocenters. The second-order valence-corrected chi connectivity index (χ2v) is 12.8. The zero-order chi connectivity index (χ0) is 33.5. The van der Waals surface area contributed by atoms with Crippen molar-refractivity contribution in [1.82, 2.24) is 5.32 Å². The predicted molar refractivity (Wildman–Crippen MR) is 190 cm³/mol. The first-order chi connectivity index (χ1) is 22.7. The van der Waals surface area contributed by atoms with Gasteiger partial charge in [-0.25, -0.2) is 0 Å². The average Bonchev–Trinajstić information content (AvgIpc) is 3.17. The Morgan fingerprint density at radius 3 is 2.23 bits per heavy atom. The number of rotatable bonds is 12. The molecule has 0 radical (unpaired) electrons. The summed E-state index contributed by atoms with van der Waals surface area (Å²) in [6.45, 7) is 10.4. The van der Waals surface area contributed by atoms with Gasteiger partial charge < -0.3 is 20.9 Å². The van der Waals surface area contributed by atoms with Gasteiger partial charge in [-0.05, 0) is 72.7 Å². The Balaban J connectivity index is 1.55. The van der Waals surface area contributed by atoms with E-state index in [9.17, 15) is 14.4 Å². The number of amides is 3. The molecule has 0 aliphatic carbocycles. The summed E-state index contributed by atoms with van der Waals surface area (Å²) in [5, 5.41) is 3.09. The maximum absolute atomic E-state index is 14.7. The predicted octanol–water partition coefficient (Wildman–Crippen LogP) is 7.17. The second-order valence-electron chi connectivity index (χ2n) is 12.8. The summed E-state index contributed by atoms with van der Waals surface area (Å²) in [5.41, 5.74) is 12.6. The van der Waals surface area contributed by atoms with Crippen LogP contribution < -0.4 is 20.9 Å². The van der Waals surface area contributed by atoms with Gasteiger partial charge >= 0.3 is 0 Å². The lowest BCUT2D eigenvalue weighted by Gasteiger charge is -2.30. The van der Waals surface area contributed by atoms with Gasteiger partial charge in [0.25, 0.3) is 5.91 Å². The number of fused-ring (bicyclic) bond motifs is 1. The standard InChI is InChI=1S/C40H44N4O3/c1-5-12-33(38(41)45)34(23-27(2)3)39(46)42-35-26-43(32-15-7-6-8-16-32)36-17-9-10-18-37(36)44(40(35)47)25-29-13-11-14-31(24-29)30-21-19-28(4)20-22-30/h5-11,13-22,24,27,33-35H,1,12,23,25-26H2,2-4H3,(H2,41,45)(H,42,46). The summed E-state index contributed by atoms with van der Waals surface area (Å²) >= 11 is 0. The van der Waals surface area contributed by atoms with E-state index in [0.717, 1.165) is 33.8 Å². The Bertz CT molecular complexity index is 1720. The van der Waals surface area contributed by atoms with Crippen molar-refractivity contribution in [3.8, 4) is 11.1 Å². The number of carbonyl (C=O) groups is 3. The molecule has 0 fully saturated rings. The van der Waals surface area contributed by atoms with E-state index in [1.54, 1.807) is 11.0 Å². The molecule has 1 heterocycles. The van der Waals surface area contributed by atoms with E-state index < -0.39 is 23.8 Å². The molecule has 0 saturated carbocycles. The quantitative estimate of drug-likeness (QED) is 0.163. The van der Waals surface area contributed by atoms with Gasteiger partial charge in [0, 0.05) is 5.69 Å². The number of allylic oxidation sites excluding steroid dienone is 1. The molecular weight excluding hydrogens is 584 g/mol. The third-order valence-electron chi connectivity index (χ3n) is 8.76. The zero-order valence-electron chi connectivity index (χ0n) is 27.4. The van der Waals surface area contributed by atoms with Crippen molar-refractivity contribution in [2.24, 2.45) is 23.5 Å². The minimum atomic E-state index is -0.901. The number of nitrogens with two attached hydrogens (primary N) is 1. The lowest BCUT2D eigenvalue weighted by molar-refractivity contribution is -0.135. The summed E-state index contributed by atoms with van der Waals surface area (Å²) in [5.74, 6) is -2.43. The normalized spacial score (nSPS) is 15.8. The van der Waals surface area contributed by atoms with Crippen LogP contribution in [0.3, 0.4) is 0 Å². The van der Waals surface area contributed by atoms with E-state index in [0.29, 0.717) is 13.0 Å². The molecule has 7 heteroatoms. The van der Waals surface area contributed by atoms with Gasteiger partial charge in [0.15, 0.2) is 0 Å². The van der Waals surface area contributed by atoms with Gasteiger partial charge in [0.1, 0.15) is 6.04 Å². The van der Waals surface area contributed by atoms with Crippen molar-refractivity contribution in [2.75, 3.05) is 16.3 Å². The summed E-state index contributed by atoms with van der Waals surface area (Å²) in [4.78, 5) is 45.1. The second kappa shape index (κ2) is 14.9. The van der Waals surface area contributed by atoms with Gasteiger partial charge in [-0.3, -0.25) is 14.4 Å². The molecule has 242 valence electrons. The lowest BCUT2D eigenvalue weighted by atomic mass is 9.82. The Morgan fingerprint density at radius 2 is 1.57 bits per heavy atom. The van der Waals surface area contributed by atoms with Crippen LogP contribution in [0, 0.1) is 24.7 Å². The molecule has 4 aromatic carbocycles. The molecule has 0 aromatic heterocycles. The third-order valence-corrected chi connectivity index (χ3v) is 8.76. The highest BCUT2D eigenvalue weighted by molar-refractivity contribution is 6.04. The average molecular weight is 629 g/mol. The molecule has 0 spiro atoms. The van der Waals surface area contributed by atoms with E-state index >= 15 is 0 Å². The molecule has 1 aliphatic heterocycles. The van der Waals surface area contributed by atoms with Crippen LogP contribution in [-0.2, 0) is 20.9 Å². The van der Waals surface area contributed by atoms with Crippen LogP contribution in [0.15, 0.2) is 116 Å². The fourth-order valence-corrected chi connectivity index (χ4v) is 6.39. The highest BCUT2D eigenvalue weighted by Gasteiger charge is 2.39. The Hall–Kier alpha value is -5.17. The first kappa shape index (κ1) is 33.2. The fourth-order valence-electron chi connectivity index (χ4n) is 6.39. The van der Waals surface area contributed by atoms with E-state index in [4.69, 9.17) is 5.73 Å². The topological polar surface area (TPSA) is 95.7 Å². The minimum Gasteiger partial charge on any atom is -0.369 e. The van der Waals surface area contributed by atoms with Crippen LogP contribution in [0.5, 0.6) is 0 Å². The number of primary amides is 1. The van der Waals surface area contributed by atoms with Crippen molar-refractivity contribution < 1.29 is 14.4 Å². The lowest BCUT2D eigenvalue weighted by Crippen LogP contribution is -2.54. The summed E-state index contributed by atoms with van der Waals surface area (Å²) in [6, 6.07) is 33.4. The SMILES string of the molecule is C=CCC(C(N)=O)C(CC(C)C)C(=O)NC1CN(c2ccccc2)c2ccccc2N(Cc2cccc(-c3ccc(C)cc3)c2)C1=O. The van der Waals surface area contributed by atoms with Crippen LogP contribution in [-0.4, -0.2) is 30.3 Å². The Labute approximate surface area is 278 Å². The van der Waals surface area contributed by atoms with Gasteiger partial charge in [-0.2, -0.15) is 0 Å². The van der Waals surface area contributed by atoms with Crippen molar-refractivity contribution in [1.29, 1.82) is 0 Å². The summed E-state index contributed by atoms with van der Waals surface area (Å²) in [6.07, 6.45) is 2.35. The van der Waals surface area contributed by atoms with Crippen molar-refractivity contribution >= 4 is 34.8 Å². The van der Waals surface area contributed by atoms with E-state index in [2.05, 4.69) is 60.1 Å². The van der Waals surface area contributed by atoms with E-state index in [1.165, 1.54) is 5.56 Å². The monoisotopic (exact) mass is 628 g/mol. The summed E-state index contributed by atoms with van der Waals surface area (Å²) < 4.78 is 0. The molecule has 3 amide bonds. The Morgan fingerprint density at radius 1 is 0.894 bits per heavy atom. The highest BCUT2D eigenvalue weighted by atomic mass is 16.2. The first-order valence-corrected chi connectivity index (χ1v) is 16.3. The molecule has 3 unspecified atom stereocenters.